The first-order valence-corrected chi connectivity index (χ1v) is 4.72. The van der Waals surface area contributed by atoms with Crippen molar-refractivity contribution in [1.82, 2.24) is 0 Å². The molecule has 1 N–H and O–H groups in total. The van der Waals surface area contributed by atoms with Crippen LogP contribution in [0.3, 0.4) is 0 Å². The normalized spacial score (nSPS) is 10.7. The fourth-order valence-corrected chi connectivity index (χ4v) is 1.26. The van der Waals surface area contributed by atoms with Gasteiger partial charge in [0.05, 0.1) is 6.42 Å². The first-order chi connectivity index (χ1) is 6.59. The molecule has 14 heavy (non-hydrogen) atoms. The number of hydrogen-bond acceptors (Lipinski definition) is 1. The van der Waals surface area contributed by atoms with Crippen LogP contribution in [-0.2, 0) is 4.79 Å². The van der Waals surface area contributed by atoms with Gasteiger partial charge in [-0.15, -0.1) is 0 Å². The van der Waals surface area contributed by atoms with Gasteiger partial charge in [-0.2, -0.15) is 0 Å². The van der Waals surface area contributed by atoms with Crippen LogP contribution in [0.5, 0.6) is 0 Å². The van der Waals surface area contributed by atoms with Gasteiger partial charge in [-0.3, -0.25) is 4.79 Å². The van der Waals surface area contributed by atoms with Crippen LogP contribution >= 0.6 is 15.9 Å². The summed E-state index contributed by atoms with van der Waals surface area (Å²) in [5.74, 6) is -1.31. The van der Waals surface area contributed by atoms with E-state index in [9.17, 15) is 9.18 Å². The zero-order valence-corrected chi connectivity index (χ0v) is 8.79. The number of carboxylic acid groups (broad SMARTS) is 1. The molecule has 2 nitrogen and oxygen atoms in total. The molecule has 0 amide bonds. The lowest BCUT2D eigenvalue weighted by atomic mass is 10.2. The summed E-state index contributed by atoms with van der Waals surface area (Å²) in [5, 5.41) is 8.35. The SMILES string of the molecule is O=C(O)C/C=C/c1ccc(Br)cc1F. The third kappa shape index (κ3) is 3.30. The second-order valence-electron chi connectivity index (χ2n) is 2.67. The van der Waals surface area contributed by atoms with Crippen LogP contribution in [0.4, 0.5) is 4.39 Å². The standard InChI is InChI=1S/C10H8BrFO2/c11-8-5-4-7(9(12)6-8)2-1-3-10(13)14/h1-2,4-6H,3H2,(H,13,14)/b2-1+. The fourth-order valence-electron chi connectivity index (χ4n) is 0.923. The quantitative estimate of drug-likeness (QED) is 0.905. The number of aliphatic carboxylic acids is 1. The van der Waals surface area contributed by atoms with Crippen molar-refractivity contribution < 1.29 is 14.3 Å². The maximum absolute atomic E-state index is 13.1. The van der Waals surface area contributed by atoms with Crippen molar-refractivity contribution in [3.8, 4) is 0 Å². The van der Waals surface area contributed by atoms with Crippen LogP contribution < -0.4 is 0 Å². The van der Waals surface area contributed by atoms with Crippen LogP contribution in [0.25, 0.3) is 6.08 Å². The average Bonchev–Trinajstić information content (AvgIpc) is 2.08. The van der Waals surface area contributed by atoms with Crippen molar-refractivity contribution in [2.45, 2.75) is 6.42 Å². The molecule has 0 fully saturated rings. The van der Waals surface area contributed by atoms with Crippen LogP contribution in [0, 0.1) is 5.82 Å². The molecule has 0 radical (unpaired) electrons. The Labute approximate surface area is 89.2 Å². The molecule has 0 bridgehead atoms. The van der Waals surface area contributed by atoms with E-state index in [1.807, 2.05) is 0 Å². The second-order valence-corrected chi connectivity index (χ2v) is 3.58. The van der Waals surface area contributed by atoms with Crippen molar-refractivity contribution >= 4 is 28.0 Å². The Morgan fingerprint density at radius 3 is 2.86 bits per heavy atom. The lowest BCUT2D eigenvalue weighted by molar-refractivity contribution is -0.135. The smallest absolute Gasteiger partial charge is 0.307 e. The molecule has 0 atom stereocenters. The first kappa shape index (κ1) is 10.9. The molecule has 0 aliphatic carbocycles. The molecule has 0 aliphatic rings. The van der Waals surface area contributed by atoms with Gasteiger partial charge < -0.3 is 5.11 Å². The molecule has 74 valence electrons. The summed E-state index contributed by atoms with van der Waals surface area (Å²) in [4.78, 5) is 10.2. The lowest BCUT2D eigenvalue weighted by Crippen LogP contribution is -1.90. The lowest BCUT2D eigenvalue weighted by Gasteiger charge is -1.96. The largest absolute Gasteiger partial charge is 0.481 e. The van der Waals surface area contributed by atoms with Gasteiger partial charge in [0.25, 0.3) is 0 Å². The summed E-state index contributed by atoms with van der Waals surface area (Å²) in [5.41, 5.74) is 0.384. The highest BCUT2D eigenvalue weighted by Crippen LogP contribution is 2.16. The Bertz CT molecular complexity index is 374. The van der Waals surface area contributed by atoms with Gasteiger partial charge in [0.2, 0.25) is 0 Å². The molecular weight excluding hydrogens is 251 g/mol. The second kappa shape index (κ2) is 4.91. The number of carbonyl (C=O) groups is 1. The summed E-state index contributed by atoms with van der Waals surface area (Å²) < 4.78 is 13.8. The Morgan fingerprint density at radius 1 is 1.57 bits per heavy atom. The third-order valence-corrected chi connectivity index (χ3v) is 2.05. The van der Waals surface area contributed by atoms with Gasteiger partial charge in [-0.05, 0) is 12.1 Å². The van der Waals surface area contributed by atoms with E-state index in [2.05, 4.69) is 15.9 Å². The topological polar surface area (TPSA) is 37.3 Å². The van der Waals surface area contributed by atoms with E-state index in [1.54, 1.807) is 12.1 Å². The molecule has 0 spiro atoms. The minimum absolute atomic E-state index is 0.102. The van der Waals surface area contributed by atoms with Crippen molar-refractivity contribution in [2.24, 2.45) is 0 Å². The minimum atomic E-state index is -0.932. The Morgan fingerprint density at radius 2 is 2.29 bits per heavy atom. The Kier molecular flexibility index (Phi) is 3.83. The maximum Gasteiger partial charge on any atom is 0.307 e. The van der Waals surface area contributed by atoms with Crippen LogP contribution in [0.15, 0.2) is 28.7 Å². The summed E-state index contributed by atoms with van der Waals surface area (Å²) in [7, 11) is 0. The van der Waals surface area contributed by atoms with E-state index < -0.39 is 5.97 Å². The first-order valence-electron chi connectivity index (χ1n) is 3.93. The van der Waals surface area contributed by atoms with E-state index in [4.69, 9.17) is 5.11 Å². The zero-order chi connectivity index (χ0) is 10.6. The Hall–Kier alpha value is -1.16. The fraction of sp³-hybridized carbons (Fsp3) is 0.100. The molecule has 1 rings (SSSR count). The average molecular weight is 259 g/mol. The molecule has 0 aromatic heterocycles. The molecule has 4 heteroatoms. The molecule has 0 saturated heterocycles. The van der Waals surface area contributed by atoms with Gasteiger partial charge in [0, 0.05) is 10.0 Å². The molecule has 0 unspecified atom stereocenters. The predicted molar refractivity (Wildman–Crippen MR) is 55.4 cm³/mol. The number of halogens is 2. The molecule has 0 heterocycles. The van der Waals surface area contributed by atoms with Crippen molar-refractivity contribution in [2.75, 3.05) is 0 Å². The highest BCUT2D eigenvalue weighted by atomic mass is 79.9. The van der Waals surface area contributed by atoms with E-state index in [0.29, 0.717) is 10.0 Å². The van der Waals surface area contributed by atoms with E-state index in [-0.39, 0.29) is 12.2 Å². The highest BCUT2D eigenvalue weighted by Gasteiger charge is 1.98. The predicted octanol–water partition coefficient (Wildman–Crippen LogP) is 3.08. The summed E-state index contributed by atoms with van der Waals surface area (Å²) in [6, 6.07) is 4.61. The Balaban J connectivity index is 2.76. The maximum atomic E-state index is 13.1. The number of hydrogen-bond donors (Lipinski definition) is 1. The molecular formula is C10H8BrFO2. The minimum Gasteiger partial charge on any atom is -0.481 e. The van der Waals surface area contributed by atoms with Gasteiger partial charge in [-0.25, -0.2) is 4.39 Å². The molecule has 1 aromatic carbocycles. The van der Waals surface area contributed by atoms with E-state index in [0.717, 1.165) is 0 Å². The van der Waals surface area contributed by atoms with E-state index in [1.165, 1.54) is 18.2 Å². The van der Waals surface area contributed by atoms with Crippen molar-refractivity contribution in [3.05, 3.63) is 40.1 Å². The number of carboxylic acids is 1. The summed E-state index contributed by atoms with van der Waals surface area (Å²) >= 11 is 3.13. The van der Waals surface area contributed by atoms with Crippen LogP contribution in [0.1, 0.15) is 12.0 Å². The summed E-state index contributed by atoms with van der Waals surface area (Å²) in [6.45, 7) is 0. The van der Waals surface area contributed by atoms with Crippen LogP contribution in [-0.4, -0.2) is 11.1 Å². The van der Waals surface area contributed by atoms with E-state index >= 15 is 0 Å². The number of rotatable bonds is 3. The highest BCUT2D eigenvalue weighted by molar-refractivity contribution is 9.10. The summed E-state index contributed by atoms with van der Waals surface area (Å²) in [6.07, 6.45) is 2.76. The van der Waals surface area contributed by atoms with Gasteiger partial charge in [0.1, 0.15) is 5.82 Å². The number of benzene rings is 1. The van der Waals surface area contributed by atoms with Crippen LogP contribution in [0.2, 0.25) is 0 Å². The van der Waals surface area contributed by atoms with Gasteiger partial charge >= 0.3 is 5.97 Å². The van der Waals surface area contributed by atoms with Crippen molar-refractivity contribution in [3.63, 3.8) is 0 Å². The van der Waals surface area contributed by atoms with Gasteiger partial charge in [-0.1, -0.05) is 34.1 Å². The zero-order valence-electron chi connectivity index (χ0n) is 7.21. The molecule has 0 saturated carbocycles. The van der Waals surface area contributed by atoms with Gasteiger partial charge in [0.15, 0.2) is 0 Å². The third-order valence-electron chi connectivity index (χ3n) is 1.55. The monoisotopic (exact) mass is 258 g/mol. The molecule has 0 aliphatic heterocycles. The molecule has 1 aromatic rings. The van der Waals surface area contributed by atoms with Crippen molar-refractivity contribution in [1.29, 1.82) is 0 Å².